The largest absolute Gasteiger partial charge is 0.383 e. The molecular formula is C15H20Cl2N4O2. The van der Waals surface area contributed by atoms with E-state index in [1.807, 2.05) is 29.9 Å². The van der Waals surface area contributed by atoms with E-state index in [1.54, 1.807) is 18.3 Å². The van der Waals surface area contributed by atoms with Crippen molar-refractivity contribution in [1.82, 2.24) is 14.9 Å². The smallest absolute Gasteiger partial charge is 0.240 e. The van der Waals surface area contributed by atoms with Crippen LogP contribution in [0.1, 0.15) is 17.4 Å². The zero-order chi connectivity index (χ0) is 16.1. The number of halogens is 2. The number of imidazole rings is 1. The van der Waals surface area contributed by atoms with E-state index in [4.69, 9.17) is 22.1 Å². The fraction of sp³-hybridized carbons (Fsp3) is 0.333. The van der Waals surface area contributed by atoms with Crippen molar-refractivity contribution in [2.24, 2.45) is 12.8 Å². The number of aromatic nitrogens is 2. The molecule has 3 N–H and O–H groups in total. The molecule has 2 unspecified atom stereocenters. The number of aryl methyl sites for hydroxylation is 1. The number of hydrogen-bond acceptors (Lipinski definition) is 4. The first-order valence-corrected chi connectivity index (χ1v) is 7.18. The van der Waals surface area contributed by atoms with Gasteiger partial charge in [0.25, 0.3) is 0 Å². The van der Waals surface area contributed by atoms with Gasteiger partial charge in [0.05, 0.1) is 6.61 Å². The van der Waals surface area contributed by atoms with E-state index in [9.17, 15) is 4.79 Å². The summed E-state index contributed by atoms with van der Waals surface area (Å²) in [7, 11) is 3.37. The van der Waals surface area contributed by atoms with Gasteiger partial charge in [0.2, 0.25) is 5.91 Å². The van der Waals surface area contributed by atoms with Gasteiger partial charge in [-0.2, -0.15) is 0 Å². The van der Waals surface area contributed by atoms with Crippen LogP contribution in [0.4, 0.5) is 0 Å². The SMILES string of the molecule is COCC(N)C(=O)NC(c1ccc(Cl)cc1)c1nccn1C.Cl. The normalized spacial score (nSPS) is 13.0. The first kappa shape index (κ1) is 19.4. The highest BCUT2D eigenvalue weighted by molar-refractivity contribution is 6.30. The molecule has 1 heterocycles. The molecule has 23 heavy (non-hydrogen) atoms. The van der Waals surface area contributed by atoms with Crippen molar-refractivity contribution in [3.63, 3.8) is 0 Å². The van der Waals surface area contributed by atoms with Crippen LogP contribution in [0.3, 0.4) is 0 Å². The summed E-state index contributed by atoms with van der Waals surface area (Å²) in [6.45, 7) is 0.153. The Morgan fingerprint density at radius 1 is 1.43 bits per heavy atom. The van der Waals surface area contributed by atoms with Crippen molar-refractivity contribution in [2.75, 3.05) is 13.7 Å². The fourth-order valence-electron chi connectivity index (χ4n) is 2.11. The van der Waals surface area contributed by atoms with Crippen molar-refractivity contribution < 1.29 is 9.53 Å². The summed E-state index contributed by atoms with van der Waals surface area (Å²) in [5, 5.41) is 3.54. The zero-order valence-corrected chi connectivity index (χ0v) is 14.5. The van der Waals surface area contributed by atoms with E-state index in [0.29, 0.717) is 10.8 Å². The Balaban J connectivity index is 0.00000264. The topological polar surface area (TPSA) is 82.2 Å². The number of benzene rings is 1. The van der Waals surface area contributed by atoms with Crippen molar-refractivity contribution >= 4 is 29.9 Å². The van der Waals surface area contributed by atoms with Gasteiger partial charge in [-0.1, -0.05) is 23.7 Å². The van der Waals surface area contributed by atoms with E-state index >= 15 is 0 Å². The predicted octanol–water partition coefficient (Wildman–Crippen LogP) is 1.67. The molecule has 0 bridgehead atoms. The molecule has 0 spiro atoms. The van der Waals surface area contributed by atoms with Crippen molar-refractivity contribution in [1.29, 1.82) is 0 Å². The van der Waals surface area contributed by atoms with Crippen LogP contribution in [0.5, 0.6) is 0 Å². The van der Waals surface area contributed by atoms with Crippen LogP contribution in [0.15, 0.2) is 36.7 Å². The summed E-state index contributed by atoms with van der Waals surface area (Å²) in [5.74, 6) is 0.407. The van der Waals surface area contributed by atoms with Crippen LogP contribution in [0.2, 0.25) is 5.02 Å². The summed E-state index contributed by atoms with van der Waals surface area (Å²) in [6, 6.07) is 6.10. The molecular weight excluding hydrogens is 339 g/mol. The maximum absolute atomic E-state index is 12.2. The number of nitrogens with one attached hydrogen (secondary N) is 1. The number of carbonyl (C=O) groups is 1. The summed E-state index contributed by atoms with van der Waals surface area (Å²) in [5.41, 5.74) is 6.66. The van der Waals surface area contributed by atoms with Crippen LogP contribution in [0.25, 0.3) is 0 Å². The fourth-order valence-corrected chi connectivity index (χ4v) is 2.24. The lowest BCUT2D eigenvalue weighted by Crippen LogP contribution is -2.45. The molecule has 1 amide bonds. The van der Waals surface area contributed by atoms with Crippen molar-refractivity contribution in [3.05, 3.63) is 53.1 Å². The molecule has 2 atom stereocenters. The Morgan fingerprint density at radius 3 is 2.61 bits per heavy atom. The number of rotatable bonds is 6. The molecule has 0 aliphatic rings. The van der Waals surface area contributed by atoms with Gasteiger partial charge in [-0.3, -0.25) is 4.79 Å². The monoisotopic (exact) mass is 358 g/mol. The molecule has 0 aliphatic heterocycles. The van der Waals surface area contributed by atoms with E-state index < -0.39 is 12.1 Å². The molecule has 0 fully saturated rings. The Kier molecular flexibility index (Phi) is 7.51. The second-order valence-electron chi connectivity index (χ2n) is 4.95. The van der Waals surface area contributed by atoms with Gasteiger partial charge in [0.15, 0.2) is 0 Å². The third kappa shape index (κ3) is 4.94. The number of carbonyl (C=O) groups excluding carboxylic acids is 1. The molecule has 6 nitrogen and oxygen atoms in total. The maximum Gasteiger partial charge on any atom is 0.240 e. The molecule has 2 aromatic rings. The Hall–Kier alpha value is -1.60. The van der Waals surface area contributed by atoms with E-state index in [-0.39, 0.29) is 24.9 Å². The Morgan fingerprint density at radius 2 is 2.09 bits per heavy atom. The molecule has 1 aromatic heterocycles. The molecule has 0 saturated carbocycles. The quantitative estimate of drug-likeness (QED) is 0.822. The molecule has 8 heteroatoms. The minimum atomic E-state index is -0.736. The van der Waals surface area contributed by atoms with Gasteiger partial charge in [0, 0.05) is 31.6 Å². The van der Waals surface area contributed by atoms with E-state index in [0.717, 1.165) is 5.56 Å². The lowest BCUT2D eigenvalue weighted by molar-refractivity contribution is -0.124. The third-order valence-corrected chi connectivity index (χ3v) is 3.54. The predicted molar refractivity (Wildman–Crippen MR) is 91.7 cm³/mol. The third-order valence-electron chi connectivity index (χ3n) is 3.29. The minimum absolute atomic E-state index is 0. The molecule has 0 radical (unpaired) electrons. The van der Waals surface area contributed by atoms with Crippen molar-refractivity contribution in [3.8, 4) is 0 Å². The summed E-state index contributed by atoms with van der Waals surface area (Å²) in [6.07, 6.45) is 3.50. The van der Waals surface area contributed by atoms with Crippen LogP contribution >= 0.6 is 24.0 Å². The molecule has 2 rings (SSSR count). The Bertz CT molecular complexity index is 631. The second-order valence-corrected chi connectivity index (χ2v) is 5.39. The molecule has 126 valence electrons. The summed E-state index contributed by atoms with van der Waals surface area (Å²) < 4.78 is 6.77. The van der Waals surface area contributed by atoms with E-state index in [2.05, 4.69) is 10.3 Å². The van der Waals surface area contributed by atoms with Crippen LogP contribution in [-0.4, -0.2) is 35.2 Å². The number of nitrogens with two attached hydrogens (primary N) is 1. The maximum atomic E-state index is 12.2. The standard InChI is InChI=1S/C15H19ClN4O2.ClH/c1-20-8-7-18-14(20)13(10-3-5-11(16)6-4-10)19-15(21)12(17)9-22-2;/h3-8,12-13H,9,17H2,1-2H3,(H,19,21);1H. The lowest BCUT2D eigenvalue weighted by Gasteiger charge is -2.21. The second kappa shape index (κ2) is 8.88. The zero-order valence-electron chi connectivity index (χ0n) is 12.9. The molecule has 1 aromatic carbocycles. The van der Waals surface area contributed by atoms with Gasteiger partial charge in [-0.15, -0.1) is 12.4 Å². The van der Waals surface area contributed by atoms with Crippen molar-refractivity contribution in [2.45, 2.75) is 12.1 Å². The number of nitrogens with zero attached hydrogens (tertiary/aromatic N) is 2. The highest BCUT2D eigenvalue weighted by Gasteiger charge is 2.23. The highest BCUT2D eigenvalue weighted by Crippen LogP contribution is 2.22. The average molecular weight is 359 g/mol. The highest BCUT2D eigenvalue weighted by atomic mass is 35.5. The van der Waals surface area contributed by atoms with Gasteiger partial charge >= 0.3 is 0 Å². The summed E-state index contributed by atoms with van der Waals surface area (Å²) >= 11 is 5.93. The van der Waals surface area contributed by atoms with Crippen LogP contribution in [-0.2, 0) is 16.6 Å². The number of ether oxygens (including phenoxy) is 1. The summed E-state index contributed by atoms with van der Waals surface area (Å²) in [4.78, 5) is 16.5. The van der Waals surface area contributed by atoms with E-state index in [1.165, 1.54) is 7.11 Å². The number of amides is 1. The molecule has 0 aliphatic carbocycles. The number of hydrogen-bond donors (Lipinski definition) is 2. The Labute approximate surface area is 146 Å². The van der Waals surface area contributed by atoms with Gasteiger partial charge in [-0.05, 0) is 17.7 Å². The first-order valence-electron chi connectivity index (χ1n) is 6.80. The first-order chi connectivity index (χ1) is 10.5. The van der Waals surface area contributed by atoms with Gasteiger partial charge in [-0.25, -0.2) is 4.98 Å². The van der Waals surface area contributed by atoms with Gasteiger partial charge < -0.3 is 20.4 Å². The molecule has 0 saturated heterocycles. The van der Waals surface area contributed by atoms with Crippen LogP contribution < -0.4 is 11.1 Å². The average Bonchev–Trinajstić information content (AvgIpc) is 2.92. The number of methoxy groups -OCH3 is 1. The van der Waals surface area contributed by atoms with Gasteiger partial charge in [0.1, 0.15) is 17.9 Å². The van der Waals surface area contributed by atoms with Crippen LogP contribution in [0, 0.1) is 0 Å². The lowest BCUT2D eigenvalue weighted by atomic mass is 10.1. The minimum Gasteiger partial charge on any atom is -0.383 e.